The molecule has 0 spiro atoms. The molecular weight excluding hydrogens is 224 g/mol. The van der Waals surface area contributed by atoms with Gasteiger partial charge in [0.15, 0.2) is 0 Å². The third-order valence-electron chi connectivity index (χ3n) is 2.58. The molecule has 4 heteroatoms. The van der Waals surface area contributed by atoms with Crippen molar-refractivity contribution in [2.75, 3.05) is 6.54 Å². The van der Waals surface area contributed by atoms with Crippen molar-refractivity contribution in [3.8, 4) is 6.07 Å². The molecule has 0 bridgehead atoms. The van der Waals surface area contributed by atoms with E-state index in [0.29, 0.717) is 10.6 Å². The highest BCUT2D eigenvalue weighted by Crippen LogP contribution is 2.28. The Labute approximate surface area is 99.2 Å². The minimum atomic E-state index is -0.0827. The van der Waals surface area contributed by atoms with Crippen LogP contribution in [0, 0.1) is 11.3 Å². The Morgan fingerprint density at radius 1 is 1.44 bits per heavy atom. The normalized spacial score (nSPS) is 14.2. The van der Waals surface area contributed by atoms with E-state index < -0.39 is 0 Å². The second-order valence-electron chi connectivity index (χ2n) is 3.83. The number of halogens is 1. The number of amides is 1. The molecule has 1 aromatic carbocycles. The van der Waals surface area contributed by atoms with Gasteiger partial charge in [-0.1, -0.05) is 11.6 Å². The molecule has 1 aliphatic carbocycles. The van der Waals surface area contributed by atoms with Gasteiger partial charge in [0, 0.05) is 16.6 Å². The molecular formula is C12H11ClN2O. The van der Waals surface area contributed by atoms with Crippen LogP contribution >= 0.6 is 11.6 Å². The van der Waals surface area contributed by atoms with Gasteiger partial charge in [-0.2, -0.15) is 5.26 Å². The predicted molar refractivity (Wildman–Crippen MR) is 61.1 cm³/mol. The molecule has 1 saturated carbocycles. The molecule has 16 heavy (non-hydrogen) atoms. The zero-order valence-corrected chi connectivity index (χ0v) is 9.44. The molecule has 0 N–H and O–H groups in total. The van der Waals surface area contributed by atoms with Crippen molar-refractivity contribution in [3.05, 3.63) is 34.9 Å². The summed E-state index contributed by atoms with van der Waals surface area (Å²) in [6.45, 7) is 0.159. The van der Waals surface area contributed by atoms with E-state index in [4.69, 9.17) is 16.9 Å². The first kappa shape index (κ1) is 11.0. The third kappa shape index (κ3) is 2.34. The molecule has 2 rings (SSSR count). The molecule has 0 aliphatic heterocycles. The van der Waals surface area contributed by atoms with Crippen LogP contribution in [0.15, 0.2) is 24.3 Å². The fourth-order valence-electron chi connectivity index (χ4n) is 1.59. The second-order valence-corrected chi connectivity index (χ2v) is 4.27. The van der Waals surface area contributed by atoms with Gasteiger partial charge >= 0.3 is 0 Å². The van der Waals surface area contributed by atoms with Crippen molar-refractivity contribution in [1.82, 2.24) is 4.90 Å². The summed E-state index contributed by atoms with van der Waals surface area (Å²) in [6, 6.07) is 9.04. The van der Waals surface area contributed by atoms with E-state index in [9.17, 15) is 4.79 Å². The minimum absolute atomic E-state index is 0.0827. The first-order chi connectivity index (χ1) is 7.72. The Balaban J connectivity index is 2.16. The van der Waals surface area contributed by atoms with Crippen LogP contribution in [-0.2, 0) is 0 Å². The number of carbonyl (C=O) groups excluding carboxylic acids is 1. The van der Waals surface area contributed by atoms with Gasteiger partial charge in [0.1, 0.15) is 6.54 Å². The molecule has 0 heterocycles. The Bertz CT molecular complexity index is 431. The van der Waals surface area contributed by atoms with Crippen LogP contribution in [-0.4, -0.2) is 23.4 Å². The van der Waals surface area contributed by atoms with Gasteiger partial charge in [0.2, 0.25) is 0 Å². The van der Waals surface area contributed by atoms with Gasteiger partial charge < -0.3 is 4.90 Å². The fraction of sp³-hybridized carbons (Fsp3) is 0.333. The second kappa shape index (κ2) is 4.54. The molecule has 3 nitrogen and oxygen atoms in total. The highest BCUT2D eigenvalue weighted by atomic mass is 35.5. The summed E-state index contributed by atoms with van der Waals surface area (Å²) in [7, 11) is 0. The summed E-state index contributed by atoms with van der Waals surface area (Å²) in [5.74, 6) is -0.0827. The molecule has 1 aromatic rings. The number of hydrogen-bond donors (Lipinski definition) is 0. The molecule has 0 unspecified atom stereocenters. The van der Waals surface area contributed by atoms with Crippen LogP contribution in [0.5, 0.6) is 0 Å². The quantitative estimate of drug-likeness (QED) is 0.754. The van der Waals surface area contributed by atoms with E-state index in [2.05, 4.69) is 0 Å². The number of carbonyl (C=O) groups is 1. The van der Waals surface area contributed by atoms with Gasteiger partial charge in [-0.15, -0.1) is 0 Å². The summed E-state index contributed by atoms with van der Waals surface area (Å²) >= 11 is 5.75. The fourth-order valence-corrected chi connectivity index (χ4v) is 1.71. The summed E-state index contributed by atoms with van der Waals surface area (Å²) in [5.41, 5.74) is 0.589. The number of rotatable bonds is 3. The summed E-state index contributed by atoms with van der Waals surface area (Å²) in [4.78, 5) is 13.7. The molecule has 82 valence electrons. The summed E-state index contributed by atoms with van der Waals surface area (Å²) < 4.78 is 0. The van der Waals surface area contributed by atoms with Gasteiger partial charge in [0.05, 0.1) is 6.07 Å². The number of benzene rings is 1. The lowest BCUT2D eigenvalue weighted by Crippen LogP contribution is -2.33. The molecule has 0 saturated heterocycles. The van der Waals surface area contributed by atoms with E-state index in [1.54, 1.807) is 29.2 Å². The Hall–Kier alpha value is -1.53. The smallest absolute Gasteiger partial charge is 0.254 e. The topological polar surface area (TPSA) is 44.1 Å². The van der Waals surface area contributed by atoms with Gasteiger partial charge in [0.25, 0.3) is 5.91 Å². The highest BCUT2D eigenvalue weighted by Gasteiger charge is 2.32. The Kier molecular flexibility index (Phi) is 3.12. The van der Waals surface area contributed by atoms with Crippen LogP contribution in [0.4, 0.5) is 0 Å². The van der Waals surface area contributed by atoms with Gasteiger partial charge in [-0.05, 0) is 37.1 Å². The zero-order valence-electron chi connectivity index (χ0n) is 8.69. The van der Waals surface area contributed by atoms with Crippen molar-refractivity contribution < 1.29 is 4.79 Å². The van der Waals surface area contributed by atoms with Crippen molar-refractivity contribution in [2.45, 2.75) is 18.9 Å². The lowest BCUT2D eigenvalue weighted by molar-refractivity contribution is 0.0765. The molecule has 0 atom stereocenters. The van der Waals surface area contributed by atoms with Crippen molar-refractivity contribution in [2.24, 2.45) is 0 Å². The third-order valence-corrected chi connectivity index (χ3v) is 2.83. The van der Waals surface area contributed by atoms with Gasteiger partial charge in [-0.25, -0.2) is 0 Å². The van der Waals surface area contributed by atoms with Crippen LogP contribution in [0.2, 0.25) is 5.02 Å². The molecule has 1 fully saturated rings. The van der Waals surface area contributed by atoms with Gasteiger partial charge in [-0.3, -0.25) is 4.79 Å². The zero-order chi connectivity index (χ0) is 11.5. The van der Waals surface area contributed by atoms with E-state index >= 15 is 0 Å². The largest absolute Gasteiger partial charge is 0.322 e. The maximum atomic E-state index is 12.1. The molecule has 0 radical (unpaired) electrons. The van der Waals surface area contributed by atoms with Crippen molar-refractivity contribution >= 4 is 17.5 Å². The number of hydrogen-bond acceptors (Lipinski definition) is 2. The SMILES string of the molecule is N#CCN(C(=O)c1ccc(Cl)cc1)C1CC1. The standard InChI is InChI=1S/C12H11ClN2O/c13-10-3-1-9(2-4-10)12(16)15(8-7-14)11-5-6-11/h1-4,11H,5-6,8H2. The average molecular weight is 235 g/mol. The summed E-state index contributed by atoms with van der Waals surface area (Å²) in [6.07, 6.45) is 2.00. The molecule has 1 amide bonds. The maximum absolute atomic E-state index is 12.1. The lowest BCUT2D eigenvalue weighted by atomic mass is 10.2. The first-order valence-corrected chi connectivity index (χ1v) is 5.53. The lowest BCUT2D eigenvalue weighted by Gasteiger charge is -2.18. The van der Waals surface area contributed by atoms with E-state index in [1.165, 1.54) is 0 Å². The Morgan fingerprint density at radius 3 is 2.56 bits per heavy atom. The average Bonchev–Trinajstić information content (AvgIpc) is 3.10. The predicted octanol–water partition coefficient (Wildman–Crippen LogP) is 2.47. The number of nitriles is 1. The highest BCUT2D eigenvalue weighted by molar-refractivity contribution is 6.30. The minimum Gasteiger partial charge on any atom is -0.322 e. The van der Waals surface area contributed by atoms with Crippen LogP contribution in [0.3, 0.4) is 0 Å². The summed E-state index contributed by atoms with van der Waals surface area (Å²) in [5, 5.41) is 9.29. The van der Waals surface area contributed by atoms with E-state index in [1.807, 2.05) is 6.07 Å². The van der Waals surface area contributed by atoms with Crippen LogP contribution < -0.4 is 0 Å². The van der Waals surface area contributed by atoms with Crippen molar-refractivity contribution in [1.29, 1.82) is 5.26 Å². The number of nitrogens with zero attached hydrogens (tertiary/aromatic N) is 2. The Morgan fingerprint density at radius 2 is 2.06 bits per heavy atom. The monoisotopic (exact) mass is 234 g/mol. The molecule has 1 aliphatic rings. The molecule has 0 aromatic heterocycles. The van der Waals surface area contributed by atoms with Crippen LogP contribution in [0.25, 0.3) is 0 Å². The van der Waals surface area contributed by atoms with E-state index in [-0.39, 0.29) is 18.5 Å². The first-order valence-electron chi connectivity index (χ1n) is 5.16. The van der Waals surface area contributed by atoms with Crippen molar-refractivity contribution in [3.63, 3.8) is 0 Å². The maximum Gasteiger partial charge on any atom is 0.254 e. The van der Waals surface area contributed by atoms with E-state index in [0.717, 1.165) is 12.8 Å². The van der Waals surface area contributed by atoms with Crippen LogP contribution in [0.1, 0.15) is 23.2 Å².